The fourth-order valence-corrected chi connectivity index (χ4v) is 2.39. The smallest absolute Gasteiger partial charge is 0.270 e. The number of nitrogens with zero attached hydrogens (tertiary/aromatic N) is 2. The van der Waals surface area contributed by atoms with Crippen molar-refractivity contribution in [3.8, 4) is 0 Å². The first-order valence-electron chi connectivity index (χ1n) is 4.48. The molecule has 17 heavy (non-hydrogen) atoms. The molecule has 1 aromatic rings. The fourth-order valence-electron chi connectivity index (χ4n) is 1.16. The maximum Gasteiger partial charge on any atom is 0.270 e. The molecule has 0 saturated heterocycles. The average molecular weight is 260 g/mol. The quantitative estimate of drug-likeness (QED) is 0.444. The summed E-state index contributed by atoms with van der Waals surface area (Å²) in [6, 6.07) is 3.24. The molecule has 94 valence electrons. The van der Waals surface area contributed by atoms with E-state index in [1.165, 1.54) is 25.2 Å². The van der Waals surface area contributed by atoms with E-state index in [-0.39, 0.29) is 16.3 Å². The van der Waals surface area contributed by atoms with Gasteiger partial charge in [0.2, 0.25) is 0 Å². The van der Waals surface area contributed by atoms with Gasteiger partial charge >= 0.3 is 0 Å². The van der Waals surface area contributed by atoms with Crippen molar-refractivity contribution >= 4 is 21.4 Å². The van der Waals surface area contributed by atoms with Crippen LogP contribution in [0.4, 0.5) is 11.4 Å². The van der Waals surface area contributed by atoms with E-state index in [1.807, 2.05) is 0 Å². The number of nitrogen functional groups attached to an aromatic ring is 1. The van der Waals surface area contributed by atoms with Crippen LogP contribution in [0.15, 0.2) is 23.1 Å². The Morgan fingerprint density at radius 3 is 2.47 bits per heavy atom. The standard InChI is InChI=1S/C8H12N4O4S/c1-11(2)10-17(15,16)8-5-6(12(13)14)3-4-7(8)9/h3-5,10H,9H2,1-2H3. The van der Waals surface area contributed by atoms with Gasteiger partial charge in [-0.15, -0.1) is 4.83 Å². The third-order valence-corrected chi connectivity index (χ3v) is 3.34. The van der Waals surface area contributed by atoms with Crippen LogP contribution in [0.5, 0.6) is 0 Å². The number of nitro groups is 1. The second-order valence-electron chi connectivity index (χ2n) is 3.47. The molecule has 1 rings (SSSR count). The molecule has 8 nitrogen and oxygen atoms in total. The highest BCUT2D eigenvalue weighted by atomic mass is 32.2. The highest BCUT2D eigenvalue weighted by Gasteiger charge is 2.21. The lowest BCUT2D eigenvalue weighted by atomic mass is 10.3. The van der Waals surface area contributed by atoms with Crippen LogP contribution in [0.25, 0.3) is 0 Å². The summed E-state index contributed by atoms with van der Waals surface area (Å²) in [7, 11) is -0.945. The molecule has 0 aliphatic carbocycles. The Morgan fingerprint density at radius 1 is 1.41 bits per heavy atom. The first-order chi connectivity index (χ1) is 7.74. The Morgan fingerprint density at radius 2 is 2.00 bits per heavy atom. The van der Waals surface area contributed by atoms with Gasteiger partial charge in [-0.3, -0.25) is 10.1 Å². The molecular weight excluding hydrogens is 248 g/mol. The molecule has 0 unspecified atom stereocenters. The molecule has 0 spiro atoms. The molecule has 0 amide bonds. The first-order valence-corrected chi connectivity index (χ1v) is 5.96. The Kier molecular flexibility index (Phi) is 3.66. The van der Waals surface area contributed by atoms with Crippen LogP contribution in [0.3, 0.4) is 0 Å². The zero-order chi connectivity index (χ0) is 13.2. The van der Waals surface area contributed by atoms with Crippen molar-refractivity contribution in [3.63, 3.8) is 0 Å². The highest BCUT2D eigenvalue weighted by Crippen LogP contribution is 2.23. The van der Waals surface area contributed by atoms with E-state index >= 15 is 0 Å². The van der Waals surface area contributed by atoms with Crippen molar-refractivity contribution in [2.45, 2.75) is 4.90 Å². The molecule has 0 saturated carbocycles. The molecule has 9 heteroatoms. The first kappa shape index (κ1) is 13.4. The minimum Gasteiger partial charge on any atom is -0.398 e. The number of nitrogens with one attached hydrogen (secondary N) is 1. The summed E-state index contributed by atoms with van der Waals surface area (Å²) < 4.78 is 23.6. The number of rotatable bonds is 4. The fraction of sp³-hybridized carbons (Fsp3) is 0.250. The minimum atomic E-state index is -3.90. The highest BCUT2D eigenvalue weighted by molar-refractivity contribution is 7.89. The number of anilines is 1. The van der Waals surface area contributed by atoms with Gasteiger partial charge in [-0.1, -0.05) is 0 Å². The van der Waals surface area contributed by atoms with Gasteiger partial charge in [-0.25, -0.2) is 13.4 Å². The predicted octanol–water partition coefficient (Wildman–Crippen LogP) is -0.0681. The summed E-state index contributed by atoms with van der Waals surface area (Å²) in [6.07, 6.45) is 0. The van der Waals surface area contributed by atoms with Crippen LogP contribution in [0, 0.1) is 10.1 Å². The molecule has 3 N–H and O–H groups in total. The van der Waals surface area contributed by atoms with Gasteiger partial charge in [0.15, 0.2) is 0 Å². The Bertz CT molecular complexity index is 540. The Hall–Kier alpha value is -1.71. The summed E-state index contributed by atoms with van der Waals surface area (Å²) in [6.45, 7) is 0. The summed E-state index contributed by atoms with van der Waals surface area (Å²) in [5.74, 6) is 0. The van der Waals surface area contributed by atoms with Gasteiger partial charge < -0.3 is 5.73 Å². The number of benzene rings is 1. The molecule has 1 aromatic carbocycles. The van der Waals surface area contributed by atoms with Gasteiger partial charge in [0.25, 0.3) is 15.7 Å². The largest absolute Gasteiger partial charge is 0.398 e. The minimum absolute atomic E-state index is 0.0510. The van der Waals surface area contributed by atoms with E-state index in [0.29, 0.717) is 0 Å². The van der Waals surface area contributed by atoms with Gasteiger partial charge in [0.1, 0.15) is 4.90 Å². The van der Waals surface area contributed by atoms with Gasteiger partial charge in [0, 0.05) is 26.2 Å². The van der Waals surface area contributed by atoms with Gasteiger partial charge in [0.05, 0.1) is 10.6 Å². The molecule has 0 fully saturated rings. The lowest BCUT2D eigenvalue weighted by molar-refractivity contribution is -0.385. The van der Waals surface area contributed by atoms with Crippen molar-refractivity contribution in [2.24, 2.45) is 0 Å². The zero-order valence-electron chi connectivity index (χ0n) is 9.25. The summed E-state index contributed by atoms with van der Waals surface area (Å²) in [5, 5.41) is 11.8. The third kappa shape index (κ3) is 3.12. The van der Waals surface area contributed by atoms with Crippen LogP contribution in [0.2, 0.25) is 0 Å². The van der Waals surface area contributed by atoms with Crippen molar-refractivity contribution in [2.75, 3.05) is 19.8 Å². The van der Waals surface area contributed by atoms with E-state index in [0.717, 1.165) is 12.1 Å². The SMILES string of the molecule is CN(C)NS(=O)(=O)c1cc([N+](=O)[O-])ccc1N. The van der Waals surface area contributed by atoms with Gasteiger partial charge in [-0.05, 0) is 6.07 Å². The maximum absolute atomic E-state index is 11.8. The molecule has 0 aliphatic heterocycles. The monoisotopic (exact) mass is 260 g/mol. The van der Waals surface area contributed by atoms with Crippen LogP contribution < -0.4 is 10.6 Å². The number of hydrazine groups is 1. The number of hydrogen-bond donors (Lipinski definition) is 2. The predicted molar refractivity (Wildman–Crippen MR) is 61.5 cm³/mol. The number of non-ortho nitro benzene ring substituents is 1. The second-order valence-corrected chi connectivity index (χ2v) is 5.10. The van der Waals surface area contributed by atoms with Crippen molar-refractivity contribution in [1.82, 2.24) is 9.84 Å². The summed E-state index contributed by atoms with van der Waals surface area (Å²) >= 11 is 0. The second kappa shape index (κ2) is 4.65. The third-order valence-electron chi connectivity index (χ3n) is 1.80. The van der Waals surface area contributed by atoms with E-state index in [2.05, 4.69) is 4.83 Å². The molecular formula is C8H12N4O4S. The number of nitro benzene ring substituents is 1. The number of hydrogen-bond acceptors (Lipinski definition) is 6. The van der Waals surface area contributed by atoms with Crippen LogP contribution in [-0.2, 0) is 10.0 Å². The number of sulfonamides is 1. The number of nitrogens with two attached hydrogens (primary N) is 1. The molecule has 0 atom stereocenters. The normalized spacial score (nSPS) is 11.7. The Balaban J connectivity index is 3.30. The van der Waals surface area contributed by atoms with E-state index in [1.54, 1.807) is 0 Å². The average Bonchev–Trinajstić information content (AvgIpc) is 2.15. The van der Waals surface area contributed by atoms with Crippen molar-refractivity contribution in [3.05, 3.63) is 28.3 Å². The molecule has 0 aromatic heterocycles. The van der Waals surface area contributed by atoms with Gasteiger partial charge in [-0.2, -0.15) is 0 Å². The van der Waals surface area contributed by atoms with E-state index in [4.69, 9.17) is 5.73 Å². The zero-order valence-corrected chi connectivity index (χ0v) is 10.1. The summed E-state index contributed by atoms with van der Waals surface area (Å²) in [5.41, 5.74) is 5.11. The van der Waals surface area contributed by atoms with Crippen molar-refractivity contribution < 1.29 is 13.3 Å². The molecule has 0 aliphatic rings. The lowest BCUT2D eigenvalue weighted by Gasteiger charge is -2.13. The van der Waals surface area contributed by atoms with Crippen LogP contribution in [-0.4, -0.2) is 32.4 Å². The molecule has 0 heterocycles. The molecule has 0 radical (unpaired) electrons. The summed E-state index contributed by atoms with van der Waals surface area (Å²) in [4.78, 5) is 11.7. The van der Waals surface area contributed by atoms with Crippen LogP contribution in [0.1, 0.15) is 0 Å². The maximum atomic E-state index is 11.8. The van der Waals surface area contributed by atoms with Crippen molar-refractivity contribution in [1.29, 1.82) is 0 Å². The van der Waals surface area contributed by atoms with E-state index in [9.17, 15) is 18.5 Å². The lowest BCUT2D eigenvalue weighted by Crippen LogP contribution is -2.36. The van der Waals surface area contributed by atoms with Crippen LogP contribution >= 0.6 is 0 Å². The molecule has 0 bridgehead atoms. The van der Waals surface area contributed by atoms with E-state index < -0.39 is 14.9 Å². The Labute approximate surface area is 98.2 Å². The topological polar surface area (TPSA) is 119 Å².